The van der Waals surface area contributed by atoms with Gasteiger partial charge in [0.2, 0.25) is 0 Å². The van der Waals surface area contributed by atoms with Gasteiger partial charge in [-0.15, -0.1) is 0 Å². The standard InChI is InChI=1S/C21H41NO2/c1-18(2,3)14-19(4,5)22-12-16(23)13-24-17-20(6,7)15-9-10-21(17,8)11-15/h15-17,22-23H,9-14H2,1-8H3/t15-,16-,17-,21+/m1/s1. The van der Waals surface area contributed by atoms with Gasteiger partial charge in [-0.2, -0.15) is 0 Å². The summed E-state index contributed by atoms with van der Waals surface area (Å²) in [6.07, 6.45) is 4.82. The summed E-state index contributed by atoms with van der Waals surface area (Å²) in [4.78, 5) is 0. The highest BCUT2D eigenvalue weighted by atomic mass is 16.5. The van der Waals surface area contributed by atoms with Gasteiger partial charge < -0.3 is 15.2 Å². The van der Waals surface area contributed by atoms with Crippen LogP contribution in [-0.2, 0) is 4.74 Å². The number of nitrogens with one attached hydrogen (secondary N) is 1. The van der Waals surface area contributed by atoms with E-state index in [2.05, 4.69) is 60.7 Å². The minimum atomic E-state index is -0.442. The van der Waals surface area contributed by atoms with Crippen LogP contribution in [0.4, 0.5) is 0 Å². The molecule has 0 saturated heterocycles. The molecule has 2 fully saturated rings. The molecule has 2 saturated carbocycles. The van der Waals surface area contributed by atoms with E-state index in [1.807, 2.05) is 0 Å². The highest BCUT2D eigenvalue weighted by Crippen LogP contribution is 2.63. The molecule has 0 aromatic heterocycles. The third-order valence-electron chi connectivity index (χ3n) is 6.38. The van der Waals surface area contributed by atoms with Crippen LogP contribution in [0.2, 0.25) is 0 Å². The van der Waals surface area contributed by atoms with Crippen molar-refractivity contribution in [3.05, 3.63) is 0 Å². The Bertz CT molecular complexity index is 433. The van der Waals surface area contributed by atoms with Crippen LogP contribution >= 0.6 is 0 Å². The monoisotopic (exact) mass is 339 g/mol. The highest BCUT2D eigenvalue weighted by molar-refractivity contribution is 5.09. The van der Waals surface area contributed by atoms with Crippen LogP contribution in [0.3, 0.4) is 0 Å². The van der Waals surface area contributed by atoms with E-state index in [0.717, 1.165) is 12.3 Å². The number of fused-ring (bicyclic) bond motifs is 2. The van der Waals surface area contributed by atoms with Crippen molar-refractivity contribution < 1.29 is 9.84 Å². The lowest BCUT2D eigenvalue weighted by Gasteiger charge is -2.42. The van der Waals surface area contributed by atoms with Crippen molar-refractivity contribution in [2.45, 2.75) is 98.8 Å². The van der Waals surface area contributed by atoms with Crippen LogP contribution in [0, 0.1) is 22.2 Å². The molecule has 0 unspecified atom stereocenters. The van der Waals surface area contributed by atoms with Gasteiger partial charge in [-0.05, 0) is 61.7 Å². The zero-order chi connectivity index (χ0) is 18.4. The fourth-order valence-electron chi connectivity index (χ4n) is 5.72. The maximum absolute atomic E-state index is 10.4. The van der Waals surface area contributed by atoms with Gasteiger partial charge in [-0.3, -0.25) is 0 Å². The predicted molar refractivity (Wildman–Crippen MR) is 101 cm³/mol. The molecule has 142 valence electrons. The minimum Gasteiger partial charge on any atom is -0.389 e. The Labute approximate surface area is 149 Å². The molecule has 0 aromatic rings. The van der Waals surface area contributed by atoms with E-state index in [1.165, 1.54) is 19.3 Å². The number of hydrogen-bond acceptors (Lipinski definition) is 3. The van der Waals surface area contributed by atoms with Crippen molar-refractivity contribution in [1.82, 2.24) is 5.32 Å². The molecule has 0 aromatic carbocycles. The van der Waals surface area contributed by atoms with Gasteiger partial charge in [-0.1, -0.05) is 41.5 Å². The zero-order valence-corrected chi connectivity index (χ0v) is 17.3. The molecule has 4 atom stereocenters. The van der Waals surface area contributed by atoms with Crippen molar-refractivity contribution in [2.24, 2.45) is 22.2 Å². The first kappa shape index (κ1) is 20.2. The summed E-state index contributed by atoms with van der Waals surface area (Å²) >= 11 is 0. The smallest absolute Gasteiger partial charge is 0.0898 e. The molecule has 0 radical (unpaired) electrons. The summed E-state index contributed by atoms with van der Waals surface area (Å²) < 4.78 is 6.29. The second-order valence-corrected chi connectivity index (χ2v) is 11.3. The van der Waals surface area contributed by atoms with E-state index in [0.29, 0.717) is 18.6 Å². The molecule has 3 heteroatoms. The second-order valence-electron chi connectivity index (χ2n) is 11.3. The Balaban J connectivity index is 1.80. The van der Waals surface area contributed by atoms with Crippen molar-refractivity contribution in [2.75, 3.05) is 13.2 Å². The van der Waals surface area contributed by atoms with Crippen molar-refractivity contribution in [3.8, 4) is 0 Å². The maximum atomic E-state index is 10.4. The molecule has 2 bridgehead atoms. The van der Waals surface area contributed by atoms with Gasteiger partial charge in [-0.25, -0.2) is 0 Å². The number of β-amino-alcohol motifs (C(OH)–C–C–N with tert-alkyl or cyclic N) is 1. The predicted octanol–water partition coefficient (Wildman–Crippen LogP) is 4.38. The average molecular weight is 340 g/mol. The number of aliphatic hydroxyl groups excluding tert-OH is 1. The topological polar surface area (TPSA) is 41.5 Å². The number of ether oxygens (including phenoxy) is 1. The molecular weight excluding hydrogens is 298 g/mol. The SMILES string of the molecule is CC(C)(C)CC(C)(C)NC[C@@H](O)CO[C@@H]1C(C)(C)[C@@H]2CC[C@@]1(C)C2. The first-order valence-corrected chi connectivity index (χ1v) is 9.80. The van der Waals surface area contributed by atoms with Crippen LogP contribution in [-0.4, -0.2) is 36.0 Å². The summed E-state index contributed by atoms with van der Waals surface area (Å²) in [5.41, 5.74) is 0.856. The molecule has 2 aliphatic carbocycles. The third kappa shape index (κ3) is 4.53. The minimum absolute atomic E-state index is 0.0247. The number of aliphatic hydroxyl groups is 1. The first-order chi connectivity index (χ1) is 10.8. The van der Waals surface area contributed by atoms with Crippen LogP contribution in [0.25, 0.3) is 0 Å². The van der Waals surface area contributed by atoms with Crippen LogP contribution < -0.4 is 5.32 Å². The lowest BCUT2D eigenvalue weighted by atomic mass is 9.70. The lowest BCUT2D eigenvalue weighted by Crippen LogP contribution is -2.48. The van der Waals surface area contributed by atoms with E-state index in [-0.39, 0.29) is 22.5 Å². The van der Waals surface area contributed by atoms with Crippen molar-refractivity contribution in [1.29, 1.82) is 0 Å². The third-order valence-corrected chi connectivity index (χ3v) is 6.38. The molecule has 0 aliphatic heterocycles. The quantitative estimate of drug-likeness (QED) is 0.723. The van der Waals surface area contributed by atoms with Gasteiger partial charge in [0.15, 0.2) is 0 Å². The van der Waals surface area contributed by atoms with Gasteiger partial charge in [0, 0.05) is 12.1 Å². The molecule has 0 heterocycles. The molecule has 0 spiro atoms. The van der Waals surface area contributed by atoms with Crippen molar-refractivity contribution >= 4 is 0 Å². The van der Waals surface area contributed by atoms with E-state index < -0.39 is 6.10 Å². The average Bonchev–Trinajstić information content (AvgIpc) is 2.84. The Kier molecular flexibility index (Phi) is 5.52. The Morgan fingerprint density at radius 3 is 2.29 bits per heavy atom. The lowest BCUT2D eigenvalue weighted by molar-refractivity contribution is -0.110. The Hall–Kier alpha value is -0.120. The summed E-state index contributed by atoms with van der Waals surface area (Å²) in [7, 11) is 0. The molecule has 2 rings (SSSR count). The van der Waals surface area contributed by atoms with Crippen LogP contribution in [0.15, 0.2) is 0 Å². The van der Waals surface area contributed by atoms with Crippen LogP contribution in [0.5, 0.6) is 0 Å². The first-order valence-electron chi connectivity index (χ1n) is 9.80. The molecule has 24 heavy (non-hydrogen) atoms. The fourth-order valence-corrected chi connectivity index (χ4v) is 5.72. The number of hydrogen-bond donors (Lipinski definition) is 2. The largest absolute Gasteiger partial charge is 0.389 e. The highest BCUT2D eigenvalue weighted by Gasteiger charge is 2.60. The molecule has 2 aliphatic rings. The van der Waals surface area contributed by atoms with Gasteiger partial charge in [0.25, 0.3) is 0 Å². The molecule has 2 N–H and O–H groups in total. The Morgan fingerprint density at radius 2 is 1.79 bits per heavy atom. The molecule has 3 nitrogen and oxygen atoms in total. The zero-order valence-electron chi connectivity index (χ0n) is 17.3. The van der Waals surface area contributed by atoms with E-state index in [9.17, 15) is 5.11 Å². The van der Waals surface area contributed by atoms with E-state index in [4.69, 9.17) is 4.74 Å². The fraction of sp³-hybridized carbons (Fsp3) is 1.00. The molecule has 0 amide bonds. The van der Waals surface area contributed by atoms with Gasteiger partial charge in [0.05, 0.1) is 18.8 Å². The number of rotatable bonds is 7. The van der Waals surface area contributed by atoms with Crippen LogP contribution in [0.1, 0.15) is 81.1 Å². The van der Waals surface area contributed by atoms with E-state index in [1.54, 1.807) is 0 Å². The molecular formula is C21H41NO2. The second kappa shape index (κ2) is 6.55. The maximum Gasteiger partial charge on any atom is 0.0898 e. The Morgan fingerprint density at radius 1 is 1.17 bits per heavy atom. The summed E-state index contributed by atoms with van der Waals surface area (Å²) in [5, 5.41) is 13.9. The van der Waals surface area contributed by atoms with E-state index >= 15 is 0 Å². The van der Waals surface area contributed by atoms with Gasteiger partial charge in [0.1, 0.15) is 0 Å². The summed E-state index contributed by atoms with van der Waals surface area (Å²) in [5.74, 6) is 0.786. The van der Waals surface area contributed by atoms with Crippen molar-refractivity contribution in [3.63, 3.8) is 0 Å². The summed E-state index contributed by atoms with van der Waals surface area (Å²) in [6, 6.07) is 0. The normalized spacial score (nSPS) is 33.9. The van der Waals surface area contributed by atoms with Gasteiger partial charge >= 0.3 is 0 Å². The summed E-state index contributed by atoms with van der Waals surface area (Å²) in [6.45, 7) is 19.3.